The van der Waals surface area contributed by atoms with Gasteiger partial charge in [0.15, 0.2) is 5.13 Å². The van der Waals surface area contributed by atoms with Gasteiger partial charge in [0, 0.05) is 29.6 Å². The van der Waals surface area contributed by atoms with Gasteiger partial charge in [0.05, 0.1) is 6.54 Å². The monoisotopic (exact) mass is 669 g/mol. The number of nitrogens with two attached hydrogens (primary N) is 1. The summed E-state index contributed by atoms with van der Waals surface area (Å²) in [6, 6.07) is -1.01. The number of nitrogens with zero attached hydrogens (tertiary/aromatic N) is 8. The smallest absolute Gasteiger partial charge is 0.407 e. The number of carboxylic acids is 1. The van der Waals surface area contributed by atoms with Crippen LogP contribution in [0.4, 0.5) is 9.93 Å². The minimum Gasteiger partial charge on any atom is -0.477 e. The Morgan fingerprint density at radius 3 is 2.68 bits per heavy atom. The first-order valence-electron chi connectivity index (χ1n) is 13.1. The summed E-state index contributed by atoms with van der Waals surface area (Å²) >= 11 is 3.36. The van der Waals surface area contributed by atoms with Crippen LogP contribution in [0.15, 0.2) is 21.6 Å². The summed E-state index contributed by atoms with van der Waals surface area (Å²) in [6.07, 6.45) is -0.919. The number of carbonyl (C=O) groups excluding carboxylic acids is 3. The minimum absolute atomic E-state index is 0.0565. The van der Waals surface area contributed by atoms with Crippen molar-refractivity contribution >= 4 is 69.8 Å². The number of aliphatic carboxylic acids is 1. The maximum atomic E-state index is 13.2. The zero-order valence-corrected chi connectivity index (χ0v) is 26.8. The van der Waals surface area contributed by atoms with Crippen molar-refractivity contribution in [2.75, 3.05) is 23.8 Å². The predicted octanol–water partition coefficient (Wildman–Crippen LogP) is 0.292. The van der Waals surface area contributed by atoms with E-state index in [4.69, 9.17) is 15.3 Å². The van der Waals surface area contributed by atoms with Crippen LogP contribution in [-0.2, 0) is 30.5 Å². The second kappa shape index (κ2) is 13.8. The third-order valence-electron chi connectivity index (χ3n) is 5.63. The number of hydrogen-bond acceptors (Lipinski definition) is 16. The van der Waals surface area contributed by atoms with Crippen molar-refractivity contribution in [2.24, 2.45) is 5.16 Å². The number of ether oxygens (including phenoxy) is 1. The van der Waals surface area contributed by atoms with Crippen LogP contribution in [-0.4, -0.2) is 110 Å². The lowest BCUT2D eigenvalue weighted by Gasteiger charge is -2.49. The molecule has 44 heavy (non-hydrogen) atoms. The van der Waals surface area contributed by atoms with Crippen LogP contribution in [0, 0.1) is 0 Å². The predicted molar refractivity (Wildman–Crippen MR) is 160 cm³/mol. The van der Waals surface area contributed by atoms with E-state index in [0.29, 0.717) is 10.7 Å². The summed E-state index contributed by atoms with van der Waals surface area (Å²) in [5, 5.41) is 30.5. The molecular weight excluding hydrogens is 639 g/mol. The van der Waals surface area contributed by atoms with E-state index in [2.05, 4.69) is 40.7 Å². The molecule has 0 bridgehead atoms. The van der Waals surface area contributed by atoms with E-state index in [1.54, 1.807) is 34.6 Å². The Kier molecular flexibility index (Phi) is 10.3. The number of rotatable bonds is 12. The molecule has 1 saturated heterocycles. The van der Waals surface area contributed by atoms with Gasteiger partial charge in [-0.2, -0.15) is 9.36 Å². The van der Waals surface area contributed by atoms with E-state index in [1.165, 1.54) is 28.2 Å². The van der Waals surface area contributed by atoms with Gasteiger partial charge in [-0.25, -0.2) is 14.3 Å². The molecule has 0 spiro atoms. The van der Waals surface area contributed by atoms with Crippen molar-refractivity contribution in [3.05, 3.63) is 17.1 Å². The minimum atomic E-state index is -1.28. The van der Waals surface area contributed by atoms with Crippen LogP contribution in [0.2, 0.25) is 0 Å². The van der Waals surface area contributed by atoms with E-state index < -0.39 is 40.9 Å². The number of β-lactam (4-membered cyclic amide) rings is 1. The molecule has 1 fully saturated rings. The molecule has 0 radical (unpaired) electrons. The van der Waals surface area contributed by atoms with Crippen molar-refractivity contribution in [3.8, 4) is 0 Å². The van der Waals surface area contributed by atoms with Crippen LogP contribution in [0.1, 0.15) is 40.4 Å². The normalized spacial score (nSPS) is 18.5. The fourth-order valence-electron chi connectivity index (χ4n) is 3.85. The standard InChI is InChI=1S/C23H31N11O7S3/c1-10(2)41-29-12(15-27-20(24)44-30-15)16(35)26-13-17(36)34-14(19(37)38)11(8-42-18(13)34)9-43-21-28-31-32-33(21)7-6-25-22(39)40-23(3,4)5/h10,13,18H,6-9H2,1-5H3,(H,25,39)(H,26,35)(H,37,38)(H2,24,27,30)/b29-12-/t13?,18-/m1/s1. The molecule has 2 aliphatic rings. The van der Waals surface area contributed by atoms with Gasteiger partial charge in [-0.15, -0.1) is 16.9 Å². The van der Waals surface area contributed by atoms with Gasteiger partial charge in [-0.3, -0.25) is 14.5 Å². The quantitative estimate of drug-likeness (QED) is 0.103. The first kappa shape index (κ1) is 32.9. The average molecular weight is 670 g/mol. The molecule has 21 heteroatoms. The molecule has 0 aliphatic carbocycles. The van der Waals surface area contributed by atoms with Crippen LogP contribution in [0.3, 0.4) is 0 Å². The number of aromatic nitrogens is 6. The molecule has 2 aromatic rings. The lowest BCUT2D eigenvalue weighted by Crippen LogP contribution is -2.71. The summed E-state index contributed by atoms with van der Waals surface area (Å²) in [5.74, 6) is -2.24. The molecule has 238 valence electrons. The number of hydrogen-bond donors (Lipinski definition) is 4. The molecule has 3 amide bonds. The number of carboxylic acid groups (broad SMARTS) is 1. The SMILES string of the molecule is CC(C)O/N=C(\C(=O)NC1C(=O)N2C(C(=O)O)=C(CSc3nnnn3CCNC(=O)OC(C)(C)C)CS[C@H]12)c1nsc(N)n1. The first-order chi connectivity index (χ1) is 20.7. The van der Waals surface area contributed by atoms with Crippen molar-refractivity contribution in [2.45, 2.75) is 69.4 Å². The lowest BCUT2D eigenvalue weighted by molar-refractivity contribution is -0.150. The van der Waals surface area contributed by atoms with E-state index in [9.17, 15) is 24.3 Å². The highest BCUT2D eigenvalue weighted by Gasteiger charge is 2.54. The van der Waals surface area contributed by atoms with Crippen molar-refractivity contribution < 1.29 is 33.9 Å². The molecule has 2 aliphatic heterocycles. The largest absolute Gasteiger partial charge is 0.477 e. The number of thioether (sulfide) groups is 2. The van der Waals surface area contributed by atoms with Gasteiger partial charge >= 0.3 is 12.1 Å². The molecule has 4 rings (SSSR count). The number of oxime groups is 1. The number of nitrogen functional groups attached to an aromatic ring is 1. The second-order valence-corrected chi connectivity index (χ2v) is 13.4. The third-order valence-corrected chi connectivity index (χ3v) is 8.55. The number of tetrazole rings is 1. The van der Waals surface area contributed by atoms with E-state index in [-0.39, 0.29) is 53.1 Å². The summed E-state index contributed by atoms with van der Waals surface area (Å²) in [4.78, 5) is 60.8. The Hall–Kier alpha value is -3.98. The lowest BCUT2D eigenvalue weighted by atomic mass is 10.0. The summed E-state index contributed by atoms with van der Waals surface area (Å²) in [5.41, 5.74) is 5.08. The average Bonchev–Trinajstić information content (AvgIpc) is 3.57. The van der Waals surface area contributed by atoms with Crippen molar-refractivity contribution in [3.63, 3.8) is 0 Å². The fraction of sp³-hybridized carbons (Fsp3) is 0.565. The molecule has 2 aromatic heterocycles. The van der Waals surface area contributed by atoms with Gasteiger partial charge in [-0.1, -0.05) is 16.9 Å². The zero-order valence-electron chi connectivity index (χ0n) is 24.3. The molecule has 2 atom stereocenters. The first-order valence-corrected chi connectivity index (χ1v) is 16.0. The van der Waals surface area contributed by atoms with Gasteiger partial charge in [0.25, 0.3) is 11.8 Å². The highest BCUT2D eigenvalue weighted by molar-refractivity contribution is 8.01. The van der Waals surface area contributed by atoms with Crippen LogP contribution < -0.4 is 16.4 Å². The molecule has 5 N–H and O–H groups in total. The highest BCUT2D eigenvalue weighted by atomic mass is 32.2. The maximum Gasteiger partial charge on any atom is 0.407 e. The summed E-state index contributed by atoms with van der Waals surface area (Å²) in [7, 11) is 0. The Bertz CT molecular complexity index is 1480. The highest BCUT2D eigenvalue weighted by Crippen LogP contribution is 2.41. The maximum absolute atomic E-state index is 13.2. The topological polar surface area (TPSA) is 242 Å². The Labute approximate surface area is 263 Å². The molecule has 18 nitrogen and oxygen atoms in total. The summed E-state index contributed by atoms with van der Waals surface area (Å²) < 4.78 is 10.7. The van der Waals surface area contributed by atoms with Crippen molar-refractivity contribution in [1.82, 2.24) is 45.1 Å². The van der Waals surface area contributed by atoms with Gasteiger partial charge in [-0.05, 0) is 50.6 Å². The number of fused-ring (bicyclic) bond motifs is 1. The second-order valence-electron chi connectivity index (χ2n) is 10.6. The molecule has 1 unspecified atom stereocenters. The Morgan fingerprint density at radius 2 is 2.05 bits per heavy atom. The number of alkyl carbamates (subject to hydrolysis) is 1. The van der Waals surface area contributed by atoms with Crippen LogP contribution in [0.5, 0.6) is 0 Å². The van der Waals surface area contributed by atoms with Gasteiger partial charge < -0.3 is 31.0 Å². The Morgan fingerprint density at radius 1 is 1.30 bits per heavy atom. The molecule has 4 heterocycles. The van der Waals surface area contributed by atoms with Gasteiger partial charge in [0.1, 0.15) is 28.8 Å². The van der Waals surface area contributed by atoms with E-state index in [0.717, 1.165) is 16.4 Å². The molecule has 0 aromatic carbocycles. The molecule has 0 saturated carbocycles. The van der Waals surface area contributed by atoms with E-state index in [1.807, 2.05) is 0 Å². The number of carbonyl (C=O) groups is 4. The number of anilines is 1. The van der Waals surface area contributed by atoms with Crippen LogP contribution in [0.25, 0.3) is 0 Å². The van der Waals surface area contributed by atoms with Gasteiger partial charge in [0.2, 0.25) is 16.7 Å². The number of amides is 3. The number of nitrogens with one attached hydrogen (secondary N) is 2. The third kappa shape index (κ3) is 7.94. The molecular formula is C23H31N11O7S3. The van der Waals surface area contributed by atoms with Crippen LogP contribution >= 0.6 is 35.1 Å². The van der Waals surface area contributed by atoms with Crippen molar-refractivity contribution in [1.29, 1.82) is 0 Å². The Balaban J connectivity index is 1.40. The fourth-order valence-corrected chi connectivity index (χ4v) is 6.67. The summed E-state index contributed by atoms with van der Waals surface area (Å²) in [6.45, 7) is 9.15. The zero-order chi connectivity index (χ0) is 32.2. The van der Waals surface area contributed by atoms with E-state index >= 15 is 0 Å².